The van der Waals surface area contributed by atoms with Crippen molar-refractivity contribution in [2.24, 2.45) is 5.92 Å². The van der Waals surface area contributed by atoms with Crippen LogP contribution in [0.1, 0.15) is 13.8 Å². The second-order valence-electron chi connectivity index (χ2n) is 5.28. The van der Waals surface area contributed by atoms with Crippen LogP contribution in [0.4, 0.5) is 0 Å². The zero-order valence-corrected chi connectivity index (χ0v) is 11.9. The topological polar surface area (TPSA) is 54.0 Å². The van der Waals surface area contributed by atoms with Gasteiger partial charge in [0.25, 0.3) is 0 Å². The van der Waals surface area contributed by atoms with Gasteiger partial charge >= 0.3 is 0 Å². The predicted octanol–water partition coefficient (Wildman–Crippen LogP) is -0.0599. The molecule has 2 unspecified atom stereocenters. The monoisotopic (exact) mass is 260 g/mol. The van der Waals surface area contributed by atoms with Gasteiger partial charge in [-0.25, -0.2) is 0 Å². The first-order chi connectivity index (χ1) is 8.63. The SMILES string of the molecule is COCC(NCC(O)CN1CCOCC1)C(C)C. The average molecular weight is 260 g/mol. The number of β-amino-alcohol motifs (C(OH)–C–C–N with tert-alkyl or cyclic N) is 1. The number of morpholine rings is 1. The number of methoxy groups -OCH3 is 1. The number of hydrogen-bond donors (Lipinski definition) is 2. The fourth-order valence-electron chi connectivity index (χ4n) is 2.10. The highest BCUT2D eigenvalue weighted by Gasteiger charge is 2.17. The van der Waals surface area contributed by atoms with Crippen LogP contribution in [0.2, 0.25) is 0 Å². The van der Waals surface area contributed by atoms with E-state index in [1.54, 1.807) is 7.11 Å². The molecule has 2 N–H and O–H groups in total. The van der Waals surface area contributed by atoms with Gasteiger partial charge in [-0.3, -0.25) is 4.90 Å². The summed E-state index contributed by atoms with van der Waals surface area (Å²) in [5, 5.41) is 13.4. The van der Waals surface area contributed by atoms with Crippen LogP contribution < -0.4 is 5.32 Å². The van der Waals surface area contributed by atoms with Gasteiger partial charge < -0.3 is 19.9 Å². The van der Waals surface area contributed by atoms with Gasteiger partial charge in [-0.2, -0.15) is 0 Å². The molecule has 1 aliphatic rings. The summed E-state index contributed by atoms with van der Waals surface area (Å²) in [5.41, 5.74) is 0. The third-order valence-electron chi connectivity index (χ3n) is 3.34. The number of aliphatic hydroxyl groups is 1. The second-order valence-corrected chi connectivity index (χ2v) is 5.28. The minimum Gasteiger partial charge on any atom is -0.390 e. The Hall–Kier alpha value is -0.200. The highest BCUT2D eigenvalue weighted by molar-refractivity contribution is 4.74. The predicted molar refractivity (Wildman–Crippen MR) is 71.8 cm³/mol. The van der Waals surface area contributed by atoms with Crippen molar-refractivity contribution >= 4 is 0 Å². The fourth-order valence-corrected chi connectivity index (χ4v) is 2.10. The van der Waals surface area contributed by atoms with Gasteiger partial charge in [-0.1, -0.05) is 13.8 Å². The van der Waals surface area contributed by atoms with Crippen LogP contribution in [0.3, 0.4) is 0 Å². The van der Waals surface area contributed by atoms with Gasteiger partial charge in [-0.05, 0) is 5.92 Å². The van der Waals surface area contributed by atoms with E-state index in [0.717, 1.165) is 26.3 Å². The highest BCUT2D eigenvalue weighted by Crippen LogP contribution is 2.03. The number of nitrogens with one attached hydrogen (secondary N) is 1. The van der Waals surface area contributed by atoms with Crippen molar-refractivity contribution in [2.45, 2.75) is 26.0 Å². The fraction of sp³-hybridized carbons (Fsp3) is 1.00. The van der Waals surface area contributed by atoms with E-state index in [1.807, 2.05) is 0 Å². The molecule has 1 fully saturated rings. The van der Waals surface area contributed by atoms with E-state index >= 15 is 0 Å². The molecule has 5 nitrogen and oxygen atoms in total. The van der Waals surface area contributed by atoms with E-state index in [-0.39, 0.29) is 6.10 Å². The molecule has 0 radical (unpaired) electrons. The van der Waals surface area contributed by atoms with Crippen LogP contribution >= 0.6 is 0 Å². The Morgan fingerprint density at radius 2 is 2.00 bits per heavy atom. The molecule has 0 bridgehead atoms. The Labute approximate surface area is 110 Å². The number of ether oxygens (including phenoxy) is 2. The molecule has 1 heterocycles. The van der Waals surface area contributed by atoms with Gasteiger partial charge in [0, 0.05) is 39.3 Å². The number of aliphatic hydroxyl groups excluding tert-OH is 1. The smallest absolute Gasteiger partial charge is 0.0791 e. The highest BCUT2D eigenvalue weighted by atomic mass is 16.5. The molecular weight excluding hydrogens is 232 g/mol. The van der Waals surface area contributed by atoms with Crippen LogP contribution in [0.25, 0.3) is 0 Å². The van der Waals surface area contributed by atoms with Gasteiger partial charge in [-0.15, -0.1) is 0 Å². The lowest BCUT2D eigenvalue weighted by atomic mass is 10.1. The minimum absolute atomic E-state index is 0.300. The first-order valence-corrected chi connectivity index (χ1v) is 6.84. The number of rotatable bonds is 8. The van der Waals surface area contributed by atoms with Gasteiger partial charge in [0.05, 0.1) is 25.9 Å². The first kappa shape index (κ1) is 15.9. The molecule has 0 aromatic carbocycles. The van der Waals surface area contributed by atoms with Crippen LogP contribution in [0, 0.1) is 5.92 Å². The van der Waals surface area contributed by atoms with E-state index < -0.39 is 0 Å². The van der Waals surface area contributed by atoms with E-state index in [2.05, 4.69) is 24.1 Å². The van der Waals surface area contributed by atoms with Crippen molar-refractivity contribution in [3.63, 3.8) is 0 Å². The molecule has 0 aromatic heterocycles. The summed E-state index contributed by atoms with van der Waals surface area (Å²) in [6.45, 7) is 9.72. The van der Waals surface area contributed by atoms with E-state index in [0.29, 0.717) is 31.7 Å². The minimum atomic E-state index is -0.332. The Balaban J connectivity index is 2.19. The van der Waals surface area contributed by atoms with Crippen molar-refractivity contribution in [3.8, 4) is 0 Å². The van der Waals surface area contributed by atoms with E-state index in [1.165, 1.54) is 0 Å². The Morgan fingerprint density at radius 3 is 2.56 bits per heavy atom. The molecule has 0 spiro atoms. The van der Waals surface area contributed by atoms with Crippen molar-refractivity contribution in [1.82, 2.24) is 10.2 Å². The molecule has 1 saturated heterocycles. The summed E-state index contributed by atoms with van der Waals surface area (Å²) in [4.78, 5) is 2.25. The Kier molecular flexibility index (Phi) is 7.77. The molecule has 5 heteroatoms. The maximum Gasteiger partial charge on any atom is 0.0791 e. The Bertz CT molecular complexity index is 208. The third-order valence-corrected chi connectivity index (χ3v) is 3.34. The summed E-state index contributed by atoms with van der Waals surface area (Å²) in [7, 11) is 1.71. The Morgan fingerprint density at radius 1 is 1.33 bits per heavy atom. The van der Waals surface area contributed by atoms with Crippen LogP contribution in [-0.4, -0.2) is 75.3 Å². The van der Waals surface area contributed by atoms with Crippen molar-refractivity contribution < 1.29 is 14.6 Å². The summed E-state index contributed by atoms with van der Waals surface area (Å²) >= 11 is 0. The summed E-state index contributed by atoms with van der Waals surface area (Å²) in [6.07, 6.45) is -0.332. The lowest BCUT2D eigenvalue weighted by Crippen LogP contribution is -2.47. The quantitative estimate of drug-likeness (QED) is 0.640. The van der Waals surface area contributed by atoms with Crippen LogP contribution in [0.15, 0.2) is 0 Å². The molecule has 2 atom stereocenters. The van der Waals surface area contributed by atoms with E-state index in [9.17, 15) is 5.11 Å². The normalized spacial score (nSPS) is 21.2. The maximum atomic E-state index is 10.0. The lowest BCUT2D eigenvalue weighted by Gasteiger charge is -2.29. The summed E-state index contributed by atoms with van der Waals surface area (Å²) in [6, 6.07) is 0.300. The number of nitrogens with zero attached hydrogens (tertiary/aromatic N) is 1. The van der Waals surface area contributed by atoms with Crippen molar-refractivity contribution in [3.05, 3.63) is 0 Å². The van der Waals surface area contributed by atoms with E-state index in [4.69, 9.17) is 9.47 Å². The molecule has 0 aliphatic carbocycles. The third kappa shape index (κ3) is 6.11. The molecule has 0 aromatic rings. The molecule has 1 aliphatic heterocycles. The summed E-state index contributed by atoms with van der Waals surface area (Å²) < 4.78 is 10.5. The second kappa shape index (κ2) is 8.82. The maximum absolute atomic E-state index is 10.0. The van der Waals surface area contributed by atoms with Gasteiger partial charge in [0.1, 0.15) is 0 Å². The molecule has 108 valence electrons. The van der Waals surface area contributed by atoms with Gasteiger partial charge in [0.15, 0.2) is 0 Å². The standard InChI is InChI=1S/C13H28N2O3/c1-11(2)13(10-17-3)14-8-12(16)9-15-4-6-18-7-5-15/h11-14,16H,4-10H2,1-3H3. The summed E-state index contributed by atoms with van der Waals surface area (Å²) in [5.74, 6) is 0.500. The van der Waals surface area contributed by atoms with Crippen LogP contribution in [-0.2, 0) is 9.47 Å². The molecule has 0 saturated carbocycles. The number of hydrogen-bond acceptors (Lipinski definition) is 5. The largest absolute Gasteiger partial charge is 0.390 e. The van der Waals surface area contributed by atoms with Gasteiger partial charge in [0.2, 0.25) is 0 Å². The lowest BCUT2D eigenvalue weighted by molar-refractivity contribution is 0.0134. The van der Waals surface area contributed by atoms with Crippen LogP contribution in [0.5, 0.6) is 0 Å². The molecule has 0 amide bonds. The first-order valence-electron chi connectivity index (χ1n) is 6.84. The average Bonchev–Trinajstić information content (AvgIpc) is 2.35. The van der Waals surface area contributed by atoms with Crippen molar-refractivity contribution in [1.29, 1.82) is 0 Å². The zero-order valence-electron chi connectivity index (χ0n) is 11.9. The molecule has 1 rings (SSSR count). The van der Waals surface area contributed by atoms with Crippen molar-refractivity contribution in [2.75, 3.05) is 53.1 Å². The molecular formula is C13H28N2O3. The zero-order chi connectivity index (χ0) is 13.4. The molecule has 18 heavy (non-hydrogen) atoms.